The Kier molecular flexibility index (Phi) is 4.42. The molecule has 1 rings (SSSR count). The number of carbonyl (C=O) groups excluding carboxylic acids is 1. The molecule has 0 aliphatic heterocycles. The van der Waals surface area contributed by atoms with E-state index in [2.05, 4.69) is 26.6 Å². The smallest absolute Gasteiger partial charge is 0.239 e. The number of methoxy groups -OCH3 is 1. The van der Waals surface area contributed by atoms with Crippen molar-refractivity contribution in [3.05, 3.63) is 22.7 Å². The Labute approximate surface area is 97.1 Å². The largest absolute Gasteiger partial charge is 0.495 e. The third kappa shape index (κ3) is 3.43. The first-order valence-corrected chi connectivity index (χ1v) is 5.24. The van der Waals surface area contributed by atoms with Crippen molar-refractivity contribution >= 4 is 27.5 Å². The molecule has 15 heavy (non-hydrogen) atoms. The highest BCUT2D eigenvalue weighted by molar-refractivity contribution is 9.10. The van der Waals surface area contributed by atoms with Gasteiger partial charge in [-0.1, -0.05) is 0 Å². The number of ether oxygens (including phenoxy) is 1. The summed E-state index contributed by atoms with van der Waals surface area (Å²) < 4.78 is 6.02. The van der Waals surface area contributed by atoms with Crippen LogP contribution in [0.2, 0.25) is 0 Å². The fourth-order valence-corrected chi connectivity index (χ4v) is 1.45. The molecule has 5 heteroatoms. The van der Waals surface area contributed by atoms with Crippen molar-refractivity contribution in [2.45, 2.75) is 0 Å². The van der Waals surface area contributed by atoms with Gasteiger partial charge < -0.3 is 15.4 Å². The topological polar surface area (TPSA) is 50.4 Å². The fourth-order valence-electron chi connectivity index (χ4n) is 1.04. The van der Waals surface area contributed by atoms with Crippen molar-refractivity contribution in [2.24, 2.45) is 0 Å². The van der Waals surface area contributed by atoms with E-state index < -0.39 is 0 Å². The van der Waals surface area contributed by atoms with Gasteiger partial charge >= 0.3 is 0 Å². The summed E-state index contributed by atoms with van der Waals surface area (Å²) in [6.45, 7) is 0.251. The summed E-state index contributed by atoms with van der Waals surface area (Å²) >= 11 is 3.35. The van der Waals surface area contributed by atoms with E-state index in [0.717, 1.165) is 15.9 Å². The van der Waals surface area contributed by atoms with Crippen LogP contribution in [-0.2, 0) is 4.79 Å². The van der Waals surface area contributed by atoms with E-state index in [-0.39, 0.29) is 12.5 Å². The van der Waals surface area contributed by atoms with Crippen LogP contribution in [0.15, 0.2) is 22.7 Å². The van der Waals surface area contributed by atoms with Gasteiger partial charge in [0.15, 0.2) is 0 Å². The highest BCUT2D eigenvalue weighted by atomic mass is 79.9. The molecule has 0 unspecified atom stereocenters. The van der Waals surface area contributed by atoms with Crippen molar-refractivity contribution in [3.8, 4) is 5.75 Å². The fraction of sp³-hybridized carbons (Fsp3) is 0.300. The van der Waals surface area contributed by atoms with Gasteiger partial charge in [-0.25, -0.2) is 0 Å². The van der Waals surface area contributed by atoms with Gasteiger partial charge in [0.2, 0.25) is 5.91 Å². The third-order valence-corrected chi connectivity index (χ3v) is 2.54. The second kappa shape index (κ2) is 5.60. The molecule has 82 valence electrons. The number of anilines is 1. The maximum absolute atomic E-state index is 11.0. The Balaban J connectivity index is 2.66. The average Bonchev–Trinajstić information content (AvgIpc) is 2.27. The summed E-state index contributed by atoms with van der Waals surface area (Å²) in [5.74, 6) is 0.675. The lowest BCUT2D eigenvalue weighted by molar-refractivity contribution is -0.118. The maximum atomic E-state index is 11.0. The molecule has 0 fully saturated rings. The Bertz CT molecular complexity index is 355. The first-order chi connectivity index (χ1) is 7.17. The molecule has 0 bridgehead atoms. The molecule has 0 aliphatic carbocycles. The van der Waals surface area contributed by atoms with E-state index in [4.69, 9.17) is 4.74 Å². The molecule has 2 N–H and O–H groups in total. The SMILES string of the molecule is CNC(=O)CNc1ccc(Br)c(OC)c1. The van der Waals surface area contributed by atoms with Gasteiger partial charge in [-0.3, -0.25) is 4.79 Å². The van der Waals surface area contributed by atoms with Crippen LogP contribution in [0.1, 0.15) is 0 Å². The molecule has 1 aromatic carbocycles. The van der Waals surface area contributed by atoms with Crippen LogP contribution in [0.5, 0.6) is 5.75 Å². The van der Waals surface area contributed by atoms with Crippen LogP contribution < -0.4 is 15.4 Å². The summed E-state index contributed by atoms with van der Waals surface area (Å²) in [6.07, 6.45) is 0. The third-order valence-electron chi connectivity index (χ3n) is 1.88. The van der Waals surface area contributed by atoms with E-state index in [1.54, 1.807) is 14.2 Å². The number of nitrogens with one attached hydrogen (secondary N) is 2. The molecule has 0 spiro atoms. The number of carbonyl (C=O) groups is 1. The Morgan fingerprint density at radius 3 is 2.87 bits per heavy atom. The number of likely N-dealkylation sites (N-methyl/N-ethyl adjacent to an activating group) is 1. The van der Waals surface area contributed by atoms with Crippen LogP contribution in [0, 0.1) is 0 Å². The first kappa shape index (κ1) is 11.8. The lowest BCUT2D eigenvalue weighted by atomic mass is 10.3. The summed E-state index contributed by atoms with van der Waals surface area (Å²) in [5, 5.41) is 5.52. The van der Waals surface area contributed by atoms with Gasteiger partial charge in [-0.15, -0.1) is 0 Å². The van der Waals surface area contributed by atoms with E-state index >= 15 is 0 Å². The molecule has 4 nitrogen and oxygen atoms in total. The highest BCUT2D eigenvalue weighted by Gasteiger charge is 2.02. The molecule has 0 atom stereocenters. The van der Waals surface area contributed by atoms with Crippen LogP contribution in [-0.4, -0.2) is 26.6 Å². The maximum Gasteiger partial charge on any atom is 0.239 e. The second-order valence-corrected chi connectivity index (χ2v) is 3.73. The van der Waals surface area contributed by atoms with Gasteiger partial charge in [-0.05, 0) is 28.1 Å². The normalized spacial score (nSPS) is 9.53. The van der Waals surface area contributed by atoms with E-state index in [1.165, 1.54) is 0 Å². The summed E-state index contributed by atoms with van der Waals surface area (Å²) in [4.78, 5) is 11.0. The molecule has 0 aliphatic rings. The second-order valence-electron chi connectivity index (χ2n) is 2.88. The first-order valence-electron chi connectivity index (χ1n) is 4.45. The lowest BCUT2D eigenvalue weighted by Gasteiger charge is -2.08. The molecule has 0 radical (unpaired) electrons. The minimum absolute atomic E-state index is 0.0584. The number of amides is 1. The average molecular weight is 273 g/mol. The minimum atomic E-state index is -0.0584. The molecule has 0 saturated heterocycles. The van der Waals surface area contributed by atoms with Crippen molar-refractivity contribution in [2.75, 3.05) is 26.0 Å². The molecular formula is C10H13BrN2O2. The minimum Gasteiger partial charge on any atom is -0.495 e. The lowest BCUT2D eigenvalue weighted by Crippen LogP contribution is -2.26. The number of hydrogen-bond donors (Lipinski definition) is 2. The van der Waals surface area contributed by atoms with Crippen LogP contribution in [0.3, 0.4) is 0 Å². The molecule has 0 saturated carbocycles. The van der Waals surface area contributed by atoms with E-state index in [0.29, 0.717) is 0 Å². The monoisotopic (exact) mass is 272 g/mol. The predicted octanol–water partition coefficient (Wildman–Crippen LogP) is 1.62. The predicted molar refractivity (Wildman–Crippen MR) is 63.3 cm³/mol. The molecule has 1 aromatic rings. The number of hydrogen-bond acceptors (Lipinski definition) is 3. The number of halogens is 1. The van der Waals surface area contributed by atoms with Gasteiger partial charge in [0.05, 0.1) is 18.1 Å². The van der Waals surface area contributed by atoms with E-state index in [1.807, 2.05) is 18.2 Å². The van der Waals surface area contributed by atoms with Crippen molar-refractivity contribution < 1.29 is 9.53 Å². The molecular weight excluding hydrogens is 260 g/mol. The van der Waals surface area contributed by atoms with Crippen LogP contribution in [0.25, 0.3) is 0 Å². The quantitative estimate of drug-likeness (QED) is 0.876. The van der Waals surface area contributed by atoms with Crippen molar-refractivity contribution in [1.29, 1.82) is 0 Å². The van der Waals surface area contributed by atoms with Gasteiger partial charge in [0, 0.05) is 18.8 Å². The highest BCUT2D eigenvalue weighted by Crippen LogP contribution is 2.27. The summed E-state index contributed by atoms with van der Waals surface area (Å²) in [6, 6.07) is 5.56. The zero-order valence-corrected chi connectivity index (χ0v) is 10.2. The van der Waals surface area contributed by atoms with E-state index in [9.17, 15) is 4.79 Å². The summed E-state index contributed by atoms with van der Waals surface area (Å²) in [5.41, 5.74) is 0.846. The molecule has 0 heterocycles. The Morgan fingerprint density at radius 2 is 2.27 bits per heavy atom. The zero-order chi connectivity index (χ0) is 11.3. The van der Waals surface area contributed by atoms with Crippen molar-refractivity contribution in [3.63, 3.8) is 0 Å². The Morgan fingerprint density at radius 1 is 1.53 bits per heavy atom. The standard InChI is InChI=1S/C10H13BrN2O2/c1-12-10(14)6-13-7-3-4-8(11)9(5-7)15-2/h3-5,13H,6H2,1-2H3,(H,12,14). The summed E-state index contributed by atoms with van der Waals surface area (Å²) in [7, 11) is 3.20. The van der Waals surface area contributed by atoms with Gasteiger partial charge in [0.1, 0.15) is 5.75 Å². The number of benzene rings is 1. The zero-order valence-electron chi connectivity index (χ0n) is 8.63. The van der Waals surface area contributed by atoms with Gasteiger partial charge in [0.25, 0.3) is 0 Å². The van der Waals surface area contributed by atoms with Crippen molar-refractivity contribution in [1.82, 2.24) is 5.32 Å². The van der Waals surface area contributed by atoms with Gasteiger partial charge in [-0.2, -0.15) is 0 Å². The molecule has 1 amide bonds. The number of rotatable bonds is 4. The van der Waals surface area contributed by atoms with Crippen LogP contribution >= 0.6 is 15.9 Å². The Hall–Kier alpha value is -1.23. The van der Waals surface area contributed by atoms with Crippen LogP contribution in [0.4, 0.5) is 5.69 Å². The molecule has 0 aromatic heterocycles.